The van der Waals surface area contributed by atoms with Crippen molar-refractivity contribution in [3.8, 4) is 11.4 Å². The number of aromatic nitrogens is 2. The molecule has 0 bridgehead atoms. The Bertz CT molecular complexity index is 783. The van der Waals surface area contributed by atoms with Crippen molar-refractivity contribution in [2.45, 2.75) is 6.92 Å². The minimum atomic E-state index is -1.12. The van der Waals surface area contributed by atoms with Gasteiger partial charge in [-0.25, -0.2) is 4.79 Å². The van der Waals surface area contributed by atoms with Gasteiger partial charge < -0.3 is 14.2 Å². The lowest BCUT2D eigenvalue weighted by Gasteiger charge is -2.02. The molecular formula is C14H12N2O3. The number of nitrogens with zero attached hydrogens (tertiary/aromatic N) is 2. The highest BCUT2D eigenvalue weighted by molar-refractivity contribution is 5.90. The Kier molecular flexibility index (Phi) is 2.41. The molecule has 19 heavy (non-hydrogen) atoms. The zero-order valence-electron chi connectivity index (χ0n) is 10.5. The van der Waals surface area contributed by atoms with Crippen LogP contribution >= 0.6 is 0 Å². The normalized spacial score (nSPS) is 11.1. The second-order valence-corrected chi connectivity index (χ2v) is 4.48. The first-order valence-corrected chi connectivity index (χ1v) is 5.83. The number of hydrogen-bond acceptors (Lipinski definition) is 3. The molecule has 0 radical (unpaired) electrons. The van der Waals surface area contributed by atoms with Gasteiger partial charge in [0.15, 0.2) is 0 Å². The molecule has 5 heteroatoms. The molecule has 0 aliphatic carbocycles. The smallest absolute Gasteiger partial charge is 0.374 e. The summed E-state index contributed by atoms with van der Waals surface area (Å²) in [6.45, 7) is 2.04. The summed E-state index contributed by atoms with van der Waals surface area (Å²) in [7, 11) is 1.93. The number of benzene rings is 1. The van der Waals surface area contributed by atoms with E-state index in [1.807, 2.05) is 42.8 Å². The number of rotatable bonds is 2. The number of hydrogen-bond donors (Lipinski definition) is 1. The lowest BCUT2D eigenvalue weighted by molar-refractivity contribution is 0.0652. The van der Waals surface area contributed by atoms with Crippen molar-refractivity contribution < 1.29 is 14.4 Å². The summed E-state index contributed by atoms with van der Waals surface area (Å²) in [4.78, 5) is 10.8. The molecule has 0 fully saturated rings. The maximum absolute atomic E-state index is 10.8. The van der Waals surface area contributed by atoms with Crippen LogP contribution in [0.15, 0.2) is 34.9 Å². The quantitative estimate of drug-likeness (QED) is 0.765. The summed E-state index contributed by atoms with van der Waals surface area (Å²) in [5.74, 6) is -1.27. The highest BCUT2D eigenvalue weighted by Gasteiger charge is 2.16. The van der Waals surface area contributed by atoms with E-state index in [9.17, 15) is 4.79 Å². The Labute approximate surface area is 109 Å². The van der Waals surface area contributed by atoms with Gasteiger partial charge in [-0.15, -0.1) is 0 Å². The average molecular weight is 256 g/mol. The topological polar surface area (TPSA) is 68.3 Å². The lowest BCUT2D eigenvalue weighted by atomic mass is 10.2. The molecule has 0 spiro atoms. The summed E-state index contributed by atoms with van der Waals surface area (Å²) in [5.41, 5.74) is 3.63. The van der Waals surface area contributed by atoms with Crippen molar-refractivity contribution in [3.63, 3.8) is 0 Å². The third-order valence-corrected chi connectivity index (χ3v) is 3.24. The van der Waals surface area contributed by atoms with Crippen LogP contribution in [-0.2, 0) is 7.05 Å². The maximum atomic E-state index is 10.8. The molecular weight excluding hydrogens is 244 g/mol. The number of para-hydroxylation sites is 1. The van der Waals surface area contributed by atoms with E-state index in [0.29, 0.717) is 5.69 Å². The largest absolute Gasteiger partial charge is 0.475 e. The predicted molar refractivity (Wildman–Crippen MR) is 70.1 cm³/mol. The molecule has 1 aromatic carbocycles. The molecule has 2 aromatic heterocycles. The molecule has 96 valence electrons. The molecule has 0 amide bonds. The molecule has 5 nitrogen and oxygen atoms in total. The predicted octanol–water partition coefficient (Wildman–Crippen LogP) is 2.84. The van der Waals surface area contributed by atoms with Crippen LogP contribution in [-0.4, -0.2) is 20.8 Å². The summed E-state index contributed by atoms with van der Waals surface area (Å²) in [5, 5.41) is 13.8. The van der Waals surface area contributed by atoms with Crippen molar-refractivity contribution in [2.75, 3.05) is 0 Å². The fraction of sp³-hybridized carbons (Fsp3) is 0.143. The Balaban J connectivity index is 2.22. The zero-order chi connectivity index (χ0) is 13.6. The fourth-order valence-corrected chi connectivity index (χ4v) is 2.36. The zero-order valence-corrected chi connectivity index (χ0v) is 10.5. The number of fused-ring (bicyclic) bond motifs is 1. The minimum absolute atomic E-state index is 0.156. The van der Waals surface area contributed by atoms with Crippen molar-refractivity contribution in [3.05, 3.63) is 41.7 Å². The second kappa shape index (κ2) is 3.98. The van der Waals surface area contributed by atoms with E-state index in [0.717, 1.165) is 22.2 Å². The van der Waals surface area contributed by atoms with E-state index in [1.165, 1.54) is 6.07 Å². The van der Waals surface area contributed by atoms with E-state index >= 15 is 0 Å². The third kappa shape index (κ3) is 1.71. The van der Waals surface area contributed by atoms with Crippen LogP contribution in [0.2, 0.25) is 0 Å². The standard InChI is InChI=1S/C14H12N2O3/c1-8-4-3-5-9-6-11(16(2)13(8)9)10-7-12(14(17)18)19-15-10/h3-7H,1-2H3,(H,17,18). The molecule has 0 saturated carbocycles. The van der Waals surface area contributed by atoms with Gasteiger partial charge in [-0.3, -0.25) is 0 Å². The van der Waals surface area contributed by atoms with Crippen molar-refractivity contribution in [2.24, 2.45) is 7.05 Å². The van der Waals surface area contributed by atoms with E-state index in [4.69, 9.17) is 9.63 Å². The van der Waals surface area contributed by atoms with Crippen LogP contribution in [0.1, 0.15) is 16.1 Å². The monoisotopic (exact) mass is 256 g/mol. The molecule has 3 rings (SSSR count). The van der Waals surface area contributed by atoms with Gasteiger partial charge >= 0.3 is 5.97 Å². The molecule has 2 heterocycles. The lowest BCUT2D eigenvalue weighted by Crippen LogP contribution is -1.93. The van der Waals surface area contributed by atoms with Gasteiger partial charge in [0, 0.05) is 18.5 Å². The Hall–Kier alpha value is -2.56. The third-order valence-electron chi connectivity index (χ3n) is 3.24. The van der Waals surface area contributed by atoms with Crippen LogP contribution in [0, 0.1) is 6.92 Å². The van der Waals surface area contributed by atoms with Crippen LogP contribution in [0.4, 0.5) is 0 Å². The van der Waals surface area contributed by atoms with Gasteiger partial charge in [-0.2, -0.15) is 0 Å². The first-order chi connectivity index (χ1) is 9.08. The van der Waals surface area contributed by atoms with Gasteiger partial charge in [0.2, 0.25) is 5.76 Å². The average Bonchev–Trinajstić information content (AvgIpc) is 2.95. The molecule has 0 aliphatic rings. The van der Waals surface area contributed by atoms with E-state index in [2.05, 4.69) is 5.16 Å². The molecule has 0 atom stereocenters. The Morgan fingerprint density at radius 3 is 2.79 bits per heavy atom. The van der Waals surface area contributed by atoms with Crippen LogP contribution in [0.5, 0.6) is 0 Å². The number of carboxylic acids is 1. The van der Waals surface area contributed by atoms with Gasteiger partial charge in [-0.1, -0.05) is 23.4 Å². The van der Waals surface area contributed by atoms with E-state index < -0.39 is 5.97 Å². The first kappa shape index (κ1) is 11.5. The van der Waals surface area contributed by atoms with Crippen LogP contribution in [0.25, 0.3) is 22.3 Å². The SMILES string of the molecule is Cc1cccc2cc(-c3cc(C(=O)O)on3)n(C)c12. The first-order valence-electron chi connectivity index (χ1n) is 5.83. The maximum Gasteiger partial charge on any atom is 0.374 e. The van der Waals surface area contributed by atoms with Gasteiger partial charge in [0.05, 0.1) is 11.2 Å². The Morgan fingerprint density at radius 2 is 2.16 bits per heavy atom. The minimum Gasteiger partial charge on any atom is -0.475 e. The number of aryl methyl sites for hydroxylation is 2. The molecule has 1 N–H and O–H groups in total. The summed E-state index contributed by atoms with van der Waals surface area (Å²) < 4.78 is 6.79. The van der Waals surface area contributed by atoms with Crippen LogP contribution in [0.3, 0.4) is 0 Å². The summed E-state index contributed by atoms with van der Waals surface area (Å²) >= 11 is 0. The van der Waals surface area contributed by atoms with Gasteiger partial charge in [0.1, 0.15) is 5.69 Å². The highest BCUT2D eigenvalue weighted by atomic mass is 16.5. The summed E-state index contributed by atoms with van der Waals surface area (Å²) in [6.07, 6.45) is 0. The Morgan fingerprint density at radius 1 is 1.37 bits per heavy atom. The number of carbonyl (C=O) groups is 1. The van der Waals surface area contributed by atoms with Gasteiger partial charge in [0.25, 0.3) is 0 Å². The molecule has 0 saturated heterocycles. The number of aromatic carboxylic acids is 1. The summed E-state index contributed by atoms with van der Waals surface area (Å²) in [6, 6.07) is 9.46. The molecule has 0 unspecified atom stereocenters. The van der Waals surface area contributed by atoms with E-state index in [-0.39, 0.29) is 5.76 Å². The molecule has 3 aromatic rings. The van der Waals surface area contributed by atoms with Gasteiger partial charge in [-0.05, 0) is 18.6 Å². The molecule has 0 aliphatic heterocycles. The fourth-order valence-electron chi connectivity index (χ4n) is 2.36. The van der Waals surface area contributed by atoms with E-state index in [1.54, 1.807) is 0 Å². The number of carboxylic acid groups (broad SMARTS) is 1. The van der Waals surface area contributed by atoms with Crippen LogP contribution < -0.4 is 0 Å². The highest BCUT2D eigenvalue weighted by Crippen LogP contribution is 2.28. The van der Waals surface area contributed by atoms with Crippen molar-refractivity contribution in [1.29, 1.82) is 0 Å². The van der Waals surface area contributed by atoms with Crippen molar-refractivity contribution in [1.82, 2.24) is 9.72 Å². The van der Waals surface area contributed by atoms with Crippen molar-refractivity contribution >= 4 is 16.9 Å². The second-order valence-electron chi connectivity index (χ2n) is 4.48.